The molecule has 0 atom stereocenters. The van der Waals surface area contributed by atoms with Crippen molar-refractivity contribution in [1.29, 1.82) is 0 Å². The van der Waals surface area contributed by atoms with Gasteiger partial charge in [-0.2, -0.15) is 0 Å². The van der Waals surface area contributed by atoms with Crippen molar-refractivity contribution in [2.24, 2.45) is 0 Å². The van der Waals surface area contributed by atoms with Crippen LogP contribution in [0, 0.1) is 0 Å². The van der Waals surface area contributed by atoms with E-state index in [-0.39, 0.29) is 31.1 Å². The number of phenolic OH excluding ortho intramolecular Hbond substituents is 2. The van der Waals surface area contributed by atoms with Gasteiger partial charge >= 0.3 is 0 Å². The molecule has 5 heteroatoms. The summed E-state index contributed by atoms with van der Waals surface area (Å²) >= 11 is 0. The largest absolute Gasteiger partial charge is 0.508 e. The number of aliphatic hydroxyl groups excluding tert-OH is 2. The SMILES string of the molecule is CCc1c(O)cc(O)c(-c2ccccc2)c1CC(O)(CCCO)CCCO. The number of hydrogen-bond donors (Lipinski definition) is 5. The predicted molar refractivity (Wildman–Crippen MR) is 106 cm³/mol. The molecule has 0 amide bonds. The quantitative estimate of drug-likeness (QED) is 0.440. The smallest absolute Gasteiger partial charge is 0.127 e. The minimum atomic E-state index is -1.14. The molecule has 27 heavy (non-hydrogen) atoms. The highest BCUT2D eigenvalue weighted by Gasteiger charge is 2.30. The fourth-order valence-electron chi connectivity index (χ4n) is 3.71. The monoisotopic (exact) mass is 374 g/mol. The van der Waals surface area contributed by atoms with Crippen LogP contribution in [0.3, 0.4) is 0 Å². The van der Waals surface area contributed by atoms with Crippen LogP contribution in [0.4, 0.5) is 0 Å². The van der Waals surface area contributed by atoms with E-state index < -0.39 is 5.60 Å². The number of aromatic hydroxyl groups is 2. The lowest BCUT2D eigenvalue weighted by atomic mass is 9.80. The van der Waals surface area contributed by atoms with E-state index in [0.717, 1.165) is 5.56 Å². The maximum Gasteiger partial charge on any atom is 0.127 e. The average molecular weight is 374 g/mol. The van der Waals surface area contributed by atoms with Gasteiger partial charge in [-0.05, 0) is 48.8 Å². The molecule has 0 heterocycles. The zero-order valence-electron chi connectivity index (χ0n) is 15.9. The second-order valence-corrected chi connectivity index (χ2v) is 7.02. The molecule has 5 nitrogen and oxygen atoms in total. The van der Waals surface area contributed by atoms with Crippen LogP contribution in [-0.2, 0) is 12.8 Å². The van der Waals surface area contributed by atoms with Crippen molar-refractivity contribution < 1.29 is 25.5 Å². The minimum absolute atomic E-state index is 0.0105. The standard InChI is InChI=1S/C22H30O5/c1-2-17-18(15-22(27,10-6-12-23)11-7-13-24)21(20(26)14-19(17)25)16-8-4-3-5-9-16/h3-5,8-9,14,23-27H,2,6-7,10-13,15H2,1H3. The molecule has 5 N–H and O–H groups in total. The van der Waals surface area contributed by atoms with Crippen LogP contribution in [-0.4, -0.2) is 44.3 Å². The highest BCUT2D eigenvalue weighted by atomic mass is 16.3. The molecule has 0 aliphatic rings. The summed E-state index contributed by atoms with van der Waals surface area (Å²) in [6.07, 6.45) is 2.40. The molecule has 0 saturated heterocycles. The van der Waals surface area contributed by atoms with Crippen molar-refractivity contribution in [3.8, 4) is 22.6 Å². The molecule has 0 aliphatic heterocycles. The van der Waals surface area contributed by atoms with Crippen LogP contribution in [0.2, 0.25) is 0 Å². The van der Waals surface area contributed by atoms with Gasteiger partial charge in [0.05, 0.1) is 5.60 Å². The summed E-state index contributed by atoms with van der Waals surface area (Å²) in [4.78, 5) is 0. The zero-order valence-corrected chi connectivity index (χ0v) is 15.9. The van der Waals surface area contributed by atoms with Crippen LogP contribution in [0.15, 0.2) is 36.4 Å². The second kappa shape index (κ2) is 9.74. The van der Waals surface area contributed by atoms with Gasteiger partial charge < -0.3 is 25.5 Å². The Hall–Kier alpha value is -2.08. The molecule has 0 fully saturated rings. The molecule has 2 aromatic carbocycles. The molecule has 0 bridgehead atoms. The summed E-state index contributed by atoms with van der Waals surface area (Å²) in [5.74, 6) is -0.0195. The predicted octanol–water partition coefficient (Wildman–Crippen LogP) is 3.15. The van der Waals surface area contributed by atoms with Crippen LogP contribution in [0.5, 0.6) is 11.5 Å². The minimum Gasteiger partial charge on any atom is -0.508 e. The van der Waals surface area contributed by atoms with Gasteiger partial charge in [0.2, 0.25) is 0 Å². The van der Waals surface area contributed by atoms with Gasteiger partial charge in [0.1, 0.15) is 11.5 Å². The Morgan fingerprint density at radius 3 is 1.96 bits per heavy atom. The van der Waals surface area contributed by atoms with Crippen LogP contribution in [0.1, 0.15) is 43.7 Å². The fourth-order valence-corrected chi connectivity index (χ4v) is 3.71. The summed E-state index contributed by atoms with van der Waals surface area (Å²) in [6.45, 7) is 1.86. The highest BCUT2D eigenvalue weighted by Crippen LogP contribution is 2.42. The third-order valence-electron chi connectivity index (χ3n) is 5.03. The van der Waals surface area contributed by atoms with Gasteiger partial charge in [-0.3, -0.25) is 0 Å². The lowest BCUT2D eigenvalue weighted by Crippen LogP contribution is -2.33. The number of phenols is 2. The van der Waals surface area contributed by atoms with Gasteiger partial charge in [-0.15, -0.1) is 0 Å². The highest BCUT2D eigenvalue weighted by molar-refractivity contribution is 5.77. The first-order chi connectivity index (χ1) is 13.0. The lowest BCUT2D eigenvalue weighted by molar-refractivity contribution is 0.0111. The summed E-state index contributed by atoms with van der Waals surface area (Å²) in [5, 5.41) is 50.6. The molecule has 0 spiro atoms. The van der Waals surface area contributed by atoms with E-state index in [2.05, 4.69) is 0 Å². The first-order valence-electron chi connectivity index (χ1n) is 9.52. The molecule has 0 aliphatic carbocycles. The second-order valence-electron chi connectivity index (χ2n) is 7.02. The third-order valence-corrected chi connectivity index (χ3v) is 5.03. The van der Waals surface area contributed by atoms with E-state index in [1.54, 1.807) is 0 Å². The topological polar surface area (TPSA) is 101 Å². The first kappa shape index (κ1) is 21.2. The Morgan fingerprint density at radius 2 is 1.44 bits per heavy atom. The third kappa shape index (κ3) is 5.22. The van der Waals surface area contributed by atoms with Crippen molar-refractivity contribution in [2.45, 2.75) is 51.0 Å². The Labute approximate surface area is 160 Å². The van der Waals surface area contributed by atoms with E-state index in [1.165, 1.54) is 6.07 Å². The van der Waals surface area contributed by atoms with Crippen LogP contribution >= 0.6 is 0 Å². The number of hydrogen-bond acceptors (Lipinski definition) is 5. The molecule has 2 aromatic rings. The Kier molecular flexibility index (Phi) is 7.66. The van der Waals surface area contributed by atoms with Gasteiger partial charge in [-0.1, -0.05) is 37.3 Å². The van der Waals surface area contributed by atoms with E-state index >= 15 is 0 Å². The summed E-state index contributed by atoms with van der Waals surface area (Å²) in [5.41, 5.74) is 1.68. The number of aliphatic hydroxyl groups is 3. The van der Waals surface area contributed by atoms with E-state index in [0.29, 0.717) is 48.8 Å². The fraction of sp³-hybridized carbons (Fsp3) is 0.455. The van der Waals surface area contributed by atoms with E-state index in [4.69, 9.17) is 0 Å². The molecule has 0 unspecified atom stereocenters. The van der Waals surface area contributed by atoms with Crippen LogP contribution < -0.4 is 0 Å². The maximum atomic E-state index is 11.2. The summed E-state index contributed by atoms with van der Waals surface area (Å²) in [6, 6.07) is 10.8. The Morgan fingerprint density at radius 1 is 0.852 bits per heavy atom. The Bertz CT molecular complexity index is 719. The van der Waals surface area contributed by atoms with Gasteiger partial charge in [-0.25, -0.2) is 0 Å². The summed E-state index contributed by atoms with van der Waals surface area (Å²) in [7, 11) is 0. The maximum absolute atomic E-state index is 11.2. The van der Waals surface area contributed by atoms with Gasteiger partial charge in [0.25, 0.3) is 0 Å². The molecule has 2 rings (SSSR count). The first-order valence-corrected chi connectivity index (χ1v) is 9.52. The van der Waals surface area contributed by atoms with Gasteiger partial charge in [0.15, 0.2) is 0 Å². The zero-order chi connectivity index (χ0) is 19.9. The van der Waals surface area contributed by atoms with Crippen molar-refractivity contribution in [3.63, 3.8) is 0 Å². The summed E-state index contributed by atoms with van der Waals surface area (Å²) < 4.78 is 0. The Balaban J connectivity index is 2.58. The van der Waals surface area contributed by atoms with Gasteiger partial charge in [0, 0.05) is 31.3 Å². The van der Waals surface area contributed by atoms with E-state index in [1.807, 2.05) is 37.3 Å². The van der Waals surface area contributed by atoms with Crippen molar-refractivity contribution >= 4 is 0 Å². The average Bonchev–Trinajstić information content (AvgIpc) is 2.66. The lowest BCUT2D eigenvalue weighted by Gasteiger charge is -2.31. The molecule has 0 saturated carbocycles. The molecular formula is C22H30O5. The molecule has 0 radical (unpaired) electrons. The van der Waals surface area contributed by atoms with Crippen molar-refractivity contribution in [3.05, 3.63) is 47.5 Å². The van der Waals surface area contributed by atoms with Crippen LogP contribution in [0.25, 0.3) is 11.1 Å². The molecule has 148 valence electrons. The molecule has 0 aromatic heterocycles. The van der Waals surface area contributed by atoms with Crippen molar-refractivity contribution in [1.82, 2.24) is 0 Å². The molecular weight excluding hydrogens is 344 g/mol. The van der Waals surface area contributed by atoms with E-state index in [9.17, 15) is 25.5 Å². The number of rotatable bonds is 10. The van der Waals surface area contributed by atoms with Crippen molar-refractivity contribution in [2.75, 3.05) is 13.2 Å². The normalized spacial score (nSPS) is 11.7. The number of benzene rings is 2.